The van der Waals surface area contributed by atoms with Crippen molar-refractivity contribution in [2.24, 2.45) is 17.6 Å². The highest BCUT2D eigenvalue weighted by Gasteiger charge is 2.39. The average molecular weight is 306 g/mol. The Bertz CT molecular complexity index is 529. The van der Waals surface area contributed by atoms with Gasteiger partial charge in [0.25, 0.3) is 0 Å². The van der Waals surface area contributed by atoms with Gasteiger partial charge in [-0.1, -0.05) is 18.2 Å². The van der Waals surface area contributed by atoms with Gasteiger partial charge in [-0.05, 0) is 44.3 Å². The number of carbonyl (C=O) groups is 1. The molecule has 0 spiro atoms. The smallest absolute Gasteiger partial charge is 0.223 e. The molecule has 2 heterocycles. The lowest BCUT2D eigenvalue weighted by Gasteiger charge is -2.35. The molecule has 22 heavy (non-hydrogen) atoms. The first-order valence-electron chi connectivity index (χ1n) is 8.02. The van der Waals surface area contributed by atoms with Gasteiger partial charge in [-0.2, -0.15) is 0 Å². The Balaban J connectivity index is 1.54. The van der Waals surface area contributed by atoms with E-state index in [0.29, 0.717) is 19.1 Å². The summed E-state index contributed by atoms with van der Waals surface area (Å²) in [7, 11) is 0. The molecule has 5 heteroatoms. The molecule has 1 aromatic rings. The van der Waals surface area contributed by atoms with E-state index in [1.807, 2.05) is 12.1 Å². The van der Waals surface area contributed by atoms with Crippen molar-refractivity contribution >= 4 is 5.91 Å². The van der Waals surface area contributed by atoms with Crippen molar-refractivity contribution in [1.29, 1.82) is 0 Å². The monoisotopic (exact) mass is 306 g/mol. The van der Waals surface area contributed by atoms with Crippen molar-refractivity contribution < 1.29 is 13.9 Å². The number of piperidine rings is 1. The lowest BCUT2D eigenvalue weighted by molar-refractivity contribution is -0.124. The van der Waals surface area contributed by atoms with Crippen molar-refractivity contribution in [3.63, 3.8) is 0 Å². The van der Waals surface area contributed by atoms with Crippen molar-refractivity contribution in [3.05, 3.63) is 35.6 Å². The number of benzene rings is 1. The summed E-state index contributed by atoms with van der Waals surface area (Å²) in [4.78, 5) is 13.8. The third-order valence-electron chi connectivity index (χ3n) is 4.95. The van der Waals surface area contributed by atoms with Gasteiger partial charge in [0.05, 0.1) is 12.0 Å². The zero-order chi connectivity index (χ0) is 15.5. The van der Waals surface area contributed by atoms with Crippen molar-refractivity contribution in [2.45, 2.75) is 31.9 Å². The minimum Gasteiger partial charge on any atom is -0.377 e. The van der Waals surface area contributed by atoms with Gasteiger partial charge in [-0.25, -0.2) is 4.39 Å². The Kier molecular flexibility index (Phi) is 4.74. The molecule has 2 saturated heterocycles. The summed E-state index contributed by atoms with van der Waals surface area (Å²) < 4.78 is 19.5. The van der Waals surface area contributed by atoms with E-state index in [4.69, 9.17) is 10.5 Å². The first-order valence-corrected chi connectivity index (χ1v) is 8.02. The lowest BCUT2D eigenvalue weighted by atomic mass is 9.84. The molecule has 0 aliphatic carbocycles. The number of nitrogens with two attached hydrogens (primary N) is 1. The van der Waals surface area contributed by atoms with Gasteiger partial charge < -0.3 is 10.5 Å². The molecule has 0 unspecified atom stereocenters. The topological polar surface area (TPSA) is 55.6 Å². The summed E-state index contributed by atoms with van der Waals surface area (Å²) in [5, 5.41) is 0. The molecule has 2 aliphatic rings. The molecule has 2 aliphatic heterocycles. The average Bonchev–Trinajstić information content (AvgIpc) is 3.00. The van der Waals surface area contributed by atoms with Gasteiger partial charge >= 0.3 is 0 Å². The van der Waals surface area contributed by atoms with Crippen LogP contribution in [0.4, 0.5) is 4.39 Å². The number of nitrogens with zero attached hydrogens (tertiary/aromatic N) is 1. The zero-order valence-electron chi connectivity index (χ0n) is 12.7. The normalized spacial score (nSPS) is 27.1. The standard InChI is InChI=1S/C17H23FN2O2/c18-15-4-2-1-3-13(15)11-20-8-5-12(6-9-20)16-14(17(19)21)7-10-22-16/h1-4,12,14,16H,5-11H2,(H2,19,21)/t14-,16+/m0/s1. The number of likely N-dealkylation sites (tertiary alicyclic amines) is 1. The van der Waals surface area contributed by atoms with E-state index in [1.54, 1.807) is 6.07 Å². The van der Waals surface area contributed by atoms with Crippen molar-refractivity contribution in [1.82, 2.24) is 4.90 Å². The van der Waals surface area contributed by atoms with Gasteiger partial charge in [-0.3, -0.25) is 9.69 Å². The fourth-order valence-corrected chi connectivity index (χ4v) is 3.69. The fraction of sp³-hybridized carbons (Fsp3) is 0.588. The molecule has 2 fully saturated rings. The summed E-state index contributed by atoms with van der Waals surface area (Å²) in [5.41, 5.74) is 6.21. The molecule has 2 atom stereocenters. The largest absolute Gasteiger partial charge is 0.377 e. The molecular weight excluding hydrogens is 283 g/mol. The second-order valence-corrected chi connectivity index (χ2v) is 6.34. The van der Waals surface area contributed by atoms with Gasteiger partial charge in [0.2, 0.25) is 5.91 Å². The minimum absolute atomic E-state index is 0.0203. The number of carbonyl (C=O) groups excluding carboxylic acids is 1. The van der Waals surface area contributed by atoms with Gasteiger partial charge in [0.1, 0.15) is 5.82 Å². The van der Waals surface area contributed by atoms with E-state index in [0.717, 1.165) is 37.9 Å². The molecular formula is C17H23FN2O2. The summed E-state index contributed by atoms with van der Waals surface area (Å²) in [6.45, 7) is 3.09. The van der Waals surface area contributed by atoms with Crippen LogP contribution in [0, 0.1) is 17.7 Å². The quantitative estimate of drug-likeness (QED) is 0.925. The Morgan fingerprint density at radius 3 is 2.68 bits per heavy atom. The highest BCUT2D eigenvalue weighted by molar-refractivity contribution is 5.77. The van der Waals surface area contributed by atoms with Crippen LogP contribution in [0.2, 0.25) is 0 Å². The summed E-state index contributed by atoms with van der Waals surface area (Å²) in [6.07, 6.45) is 2.68. The number of halogens is 1. The molecule has 1 aromatic carbocycles. The zero-order valence-corrected chi connectivity index (χ0v) is 12.7. The van der Waals surface area contributed by atoms with Crippen molar-refractivity contribution in [3.8, 4) is 0 Å². The fourth-order valence-electron chi connectivity index (χ4n) is 3.69. The summed E-state index contributed by atoms with van der Waals surface area (Å²) in [5.74, 6) is -0.131. The van der Waals surface area contributed by atoms with E-state index in [2.05, 4.69) is 4.90 Å². The Morgan fingerprint density at radius 1 is 1.27 bits per heavy atom. The maximum Gasteiger partial charge on any atom is 0.223 e. The molecule has 0 radical (unpaired) electrons. The Labute approximate surface area is 130 Å². The van der Waals surface area contributed by atoms with E-state index < -0.39 is 0 Å². The second kappa shape index (κ2) is 6.75. The highest BCUT2D eigenvalue weighted by atomic mass is 19.1. The molecule has 4 nitrogen and oxygen atoms in total. The number of hydrogen-bond acceptors (Lipinski definition) is 3. The van der Waals surface area contributed by atoms with Crippen LogP contribution in [0.3, 0.4) is 0 Å². The van der Waals surface area contributed by atoms with Crippen LogP contribution in [0.25, 0.3) is 0 Å². The maximum absolute atomic E-state index is 13.7. The first kappa shape index (κ1) is 15.4. The predicted octanol–water partition coefficient (Wildman–Crippen LogP) is 1.93. The molecule has 2 N–H and O–H groups in total. The Morgan fingerprint density at radius 2 is 2.00 bits per heavy atom. The van der Waals surface area contributed by atoms with Crippen LogP contribution in [0.5, 0.6) is 0 Å². The maximum atomic E-state index is 13.7. The molecule has 0 saturated carbocycles. The predicted molar refractivity (Wildman–Crippen MR) is 81.4 cm³/mol. The molecule has 3 rings (SSSR count). The van der Waals surface area contributed by atoms with Crippen LogP contribution in [-0.2, 0) is 16.1 Å². The molecule has 120 valence electrons. The van der Waals surface area contributed by atoms with Crippen LogP contribution in [-0.4, -0.2) is 36.6 Å². The number of hydrogen-bond donors (Lipinski definition) is 1. The summed E-state index contributed by atoms with van der Waals surface area (Å²) >= 11 is 0. The van der Waals surface area contributed by atoms with Crippen LogP contribution in [0.15, 0.2) is 24.3 Å². The number of amides is 1. The SMILES string of the molecule is NC(=O)[C@H]1CCO[C@@H]1C1CCN(Cc2ccccc2F)CC1. The van der Waals surface area contributed by atoms with Gasteiger partial charge in [0, 0.05) is 18.7 Å². The highest BCUT2D eigenvalue weighted by Crippen LogP contribution is 2.33. The number of rotatable bonds is 4. The third-order valence-corrected chi connectivity index (χ3v) is 4.95. The third kappa shape index (κ3) is 3.31. The van der Waals surface area contributed by atoms with E-state index >= 15 is 0 Å². The van der Waals surface area contributed by atoms with E-state index in [-0.39, 0.29) is 23.7 Å². The van der Waals surface area contributed by atoms with Gasteiger partial charge in [-0.15, -0.1) is 0 Å². The Hall–Kier alpha value is -1.46. The number of primary amides is 1. The molecule has 0 aromatic heterocycles. The number of ether oxygens (including phenoxy) is 1. The lowest BCUT2D eigenvalue weighted by Crippen LogP contribution is -2.42. The van der Waals surface area contributed by atoms with Crippen LogP contribution < -0.4 is 5.73 Å². The van der Waals surface area contributed by atoms with Gasteiger partial charge in [0.15, 0.2) is 0 Å². The van der Waals surface area contributed by atoms with E-state index in [9.17, 15) is 9.18 Å². The van der Waals surface area contributed by atoms with Crippen molar-refractivity contribution in [2.75, 3.05) is 19.7 Å². The first-order chi connectivity index (χ1) is 10.6. The minimum atomic E-state index is -0.240. The van der Waals surface area contributed by atoms with Crippen LogP contribution in [0.1, 0.15) is 24.8 Å². The molecule has 0 bridgehead atoms. The second-order valence-electron chi connectivity index (χ2n) is 6.34. The molecule has 1 amide bonds. The summed E-state index contributed by atoms with van der Waals surface area (Å²) in [6, 6.07) is 6.93. The van der Waals surface area contributed by atoms with E-state index in [1.165, 1.54) is 6.07 Å². The van der Waals surface area contributed by atoms with Crippen LogP contribution >= 0.6 is 0 Å².